The zero-order chi connectivity index (χ0) is 23.0. The topological polar surface area (TPSA) is 107 Å². The molecule has 0 aliphatic carbocycles. The Bertz CT molecular complexity index is 1270. The number of esters is 1. The number of carbonyl (C=O) groups is 2. The molecule has 0 radical (unpaired) electrons. The summed E-state index contributed by atoms with van der Waals surface area (Å²) >= 11 is 1.38. The molecule has 1 saturated heterocycles. The van der Waals surface area contributed by atoms with Crippen molar-refractivity contribution in [2.75, 3.05) is 19.7 Å². The summed E-state index contributed by atoms with van der Waals surface area (Å²) in [6.07, 6.45) is 1.02. The molecular formula is C22H24N2O6S2. The van der Waals surface area contributed by atoms with Gasteiger partial charge in [-0.1, -0.05) is 23.4 Å². The van der Waals surface area contributed by atoms with Crippen LogP contribution in [0.2, 0.25) is 0 Å². The molecule has 3 heterocycles. The van der Waals surface area contributed by atoms with Crippen molar-refractivity contribution in [3.63, 3.8) is 0 Å². The minimum absolute atomic E-state index is 0.00132. The minimum atomic E-state index is -3.84. The molecule has 3 aromatic rings. The lowest BCUT2D eigenvalue weighted by atomic mass is 10.00. The molecule has 0 saturated carbocycles. The monoisotopic (exact) mass is 476 g/mol. The predicted molar refractivity (Wildman–Crippen MR) is 119 cm³/mol. The van der Waals surface area contributed by atoms with Gasteiger partial charge in [0, 0.05) is 17.8 Å². The molecule has 0 amide bonds. The third kappa shape index (κ3) is 4.10. The molecule has 1 fully saturated rings. The van der Waals surface area contributed by atoms with Gasteiger partial charge in [-0.15, -0.1) is 11.3 Å². The van der Waals surface area contributed by atoms with E-state index in [0.717, 1.165) is 15.6 Å². The molecule has 2 aromatic heterocycles. The third-order valence-corrected chi connectivity index (χ3v) is 9.15. The number of Topliss-reactive ketones (excluding diaryl/α,β-unsaturated/α-hetero) is 1. The summed E-state index contributed by atoms with van der Waals surface area (Å²) < 4.78 is 38.7. The van der Waals surface area contributed by atoms with Gasteiger partial charge in [-0.25, -0.2) is 8.42 Å². The Balaban J connectivity index is 1.42. The van der Waals surface area contributed by atoms with E-state index in [4.69, 9.17) is 9.26 Å². The van der Waals surface area contributed by atoms with Crippen molar-refractivity contribution in [1.82, 2.24) is 9.46 Å². The fourth-order valence-electron chi connectivity index (χ4n) is 4.09. The number of piperidine rings is 1. The van der Waals surface area contributed by atoms with E-state index >= 15 is 0 Å². The van der Waals surface area contributed by atoms with Crippen LogP contribution >= 0.6 is 11.3 Å². The summed E-state index contributed by atoms with van der Waals surface area (Å²) in [5, 5.41) is 4.74. The highest BCUT2D eigenvalue weighted by atomic mass is 32.2. The normalized spacial score (nSPS) is 17.5. The van der Waals surface area contributed by atoms with Gasteiger partial charge in [-0.3, -0.25) is 9.59 Å². The lowest BCUT2D eigenvalue weighted by Crippen LogP contribution is -2.43. The fraction of sp³-hybridized carbons (Fsp3) is 0.409. The van der Waals surface area contributed by atoms with E-state index in [1.54, 1.807) is 13.8 Å². The van der Waals surface area contributed by atoms with Gasteiger partial charge in [0.15, 0.2) is 12.4 Å². The van der Waals surface area contributed by atoms with Gasteiger partial charge >= 0.3 is 5.97 Å². The first-order valence-electron chi connectivity index (χ1n) is 10.3. The molecule has 1 atom stereocenters. The fourth-order valence-corrected chi connectivity index (χ4v) is 7.03. The zero-order valence-electron chi connectivity index (χ0n) is 18.1. The Kier molecular flexibility index (Phi) is 6.19. The van der Waals surface area contributed by atoms with E-state index in [9.17, 15) is 18.0 Å². The number of ketones is 1. The van der Waals surface area contributed by atoms with Crippen LogP contribution in [0.25, 0.3) is 10.1 Å². The standard InChI is InChI=1S/C22H24N2O6S2/c1-13-17-8-4-5-9-19(17)31-20(13)18(25)12-29-22(26)16-7-6-10-24(11-16)32(27,28)21-14(2)23-30-15(21)3/h4-5,8-9,16H,6-7,10-12H2,1-3H3. The van der Waals surface area contributed by atoms with Crippen LogP contribution in [-0.2, 0) is 19.6 Å². The first kappa shape index (κ1) is 22.6. The van der Waals surface area contributed by atoms with Crippen LogP contribution in [0, 0.1) is 26.7 Å². The van der Waals surface area contributed by atoms with Gasteiger partial charge in [0.2, 0.25) is 15.8 Å². The molecule has 170 valence electrons. The Morgan fingerprint density at radius 2 is 2.00 bits per heavy atom. The highest BCUT2D eigenvalue weighted by Gasteiger charge is 2.37. The van der Waals surface area contributed by atoms with Crippen LogP contribution in [0.1, 0.15) is 39.5 Å². The molecule has 32 heavy (non-hydrogen) atoms. The number of carbonyl (C=O) groups excluding carboxylic acids is 2. The second-order valence-corrected chi connectivity index (χ2v) is 10.9. The number of sulfonamides is 1. The summed E-state index contributed by atoms with van der Waals surface area (Å²) in [6, 6.07) is 7.74. The first-order valence-corrected chi connectivity index (χ1v) is 12.6. The lowest BCUT2D eigenvalue weighted by Gasteiger charge is -2.30. The number of rotatable bonds is 6. The average Bonchev–Trinajstić information content (AvgIpc) is 3.31. The van der Waals surface area contributed by atoms with Crippen molar-refractivity contribution in [1.29, 1.82) is 0 Å². The van der Waals surface area contributed by atoms with Gasteiger partial charge < -0.3 is 9.26 Å². The van der Waals surface area contributed by atoms with Crippen molar-refractivity contribution in [2.45, 2.75) is 38.5 Å². The molecule has 0 spiro atoms. The number of ether oxygens (including phenoxy) is 1. The lowest BCUT2D eigenvalue weighted by molar-refractivity contribution is -0.148. The highest BCUT2D eigenvalue weighted by Crippen LogP contribution is 2.31. The van der Waals surface area contributed by atoms with E-state index in [1.807, 2.05) is 31.2 Å². The van der Waals surface area contributed by atoms with Crippen molar-refractivity contribution in [3.05, 3.63) is 46.2 Å². The number of hydrogen-bond donors (Lipinski definition) is 0. The summed E-state index contributed by atoms with van der Waals surface area (Å²) in [4.78, 5) is 26.0. The van der Waals surface area contributed by atoms with Crippen LogP contribution in [0.15, 0.2) is 33.7 Å². The van der Waals surface area contributed by atoms with Crippen molar-refractivity contribution in [3.8, 4) is 0 Å². The maximum atomic E-state index is 13.1. The summed E-state index contributed by atoms with van der Waals surface area (Å²) in [7, 11) is -3.84. The van der Waals surface area contributed by atoms with Crippen molar-refractivity contribution in [2.24, 2.45) is 5.92 Å². The van der Waals surface area contributed by atoms with Crippen LogP contribution in [0.5, 0.6) is 0 Å². The molecule has 10 heteroatoms. The summed E-state index contributed by atoms with van der Waals surface area (Å²) in [6.45, 7) is 4.94. The summed E-state index contributed by atoms with van der Waals surface area (Å²) in [5.41, 5.74) is 1.16. The highest BCUT2D eigenvalue weighted by molar-refractivity contribution is 7.89. The molecule has 0 N–H and O–H groups in total. The van der Waals surface area contributed by atoms with Crippen molar-refractivity contribution >= 4 is 43.2 Å². The maximum absolute atomic E-state index is 13.1. The number of nitrogens with zero attached hydrogens (tertiary/aromatic N) is 2. The first-order chi connectivity index (χ1) is 15.2. The van der Waals surface area contributed by atoms with Gasteiger partial charge in [0.25, 0.3) is 0 Å². The quantitative estimate of drug-likeness (QED) is 0.395. The molecular weight excluding hydrogens is 452 g/mol. The minimum Gasteiger partial charge on any atom is -0.457 e. The Morgan fingerprint density at radius 1 is 1.25 bits per heavy atom. The molecule has 0 bridgehead atoms. The SMILES string of the molecule is Cc1noc(C)c1S(=O)(=O)N1CCCC(C(=O)OCC(=O)c2sc3ccccc3c2C)C1. The largest absolute Gasteiger partial charge is 0.457 e. The van der Waals surface area contributed by atoms with E-state index < -0.39 is 21.9 Å². The third-order valence-electron chi connectivity index (χ3n) is 5.73. The molecule has 8 nitrogen and oxygen atoms in total. The zero-order valence-corrected chi connectivity index (χ0v) is 19.7. The second-order valence-electron chi connectivity index (χ2n) is 7.94. The Hall–Kier alpha value is -2.56. The number of fused-ring (bicyclic) bond motifs is 1. The van der Waals surface area contributed by atoms with E-state index in [-0.39, 0.29) is 35.3 Å². The molecule has 1 aliphatic rings. The molecule has 1 unspecified atom stereocenters. The van der Waals surface area contributed by atoms with E-state index in [2.05, 4.69) is 5.16 Å². The number of aromatic nitrogens is 1. The van der Waals surface area contributed by atoms with Crippen molar-refractivity contribution < 1.29 is 27.3 Å². The molecule has 1 aromatic carbocycles. The van der Waals surface area contributed by atoms with Gasteiger partial charge in [0.05, 0.1) is 10.8 Å². The Labute approximate surface area is 190 Å². The van der Waals surface area contributed by atoms with Crippen LogP contribution in [0.4, 0.5) is 0 Å². The number of thiophene rings is 1. The maximum Gasteiger partial charge on any atom is 0.310 e. The summed E-state index contributed by atoms with van der Waals surface area (Å²) in [5.74, 6) is -1.23. The van der Waals surface area contributed by atoms with Crippen LogP contribution < -0.4 is 0 Å². The van der Waals surface area contributed by atoms with E-state index in [1.165, 1.54) is 15.6 Å². The van der Waals surface area contributed by atoms with Gasteiger partial charge in [-0.05, 0) is 50.6 Å². The van der Waals surface area contributed by atoms with E-state index in [0.29, 0.717) is 24.3 Å². The smallest absolute Gasteiger partial charge is 0.310 e. The average molecular weight is 477 g/mol. The van der Waals surface area contributed by atoms with Crippen LogP contribution in [0.3, 0.4) is 0 Å². The van der Waals surface area contributed by atoms with Crippen LogP contribution in [-0.4, -0.2) is 49.3 Å². The second kappa shape index (κ2) is 8.76. The number of aryl methyl sites for hydroxylation is 3. The Morgan fingerprint density at radius 3 is 2.69 bits per heavy atom. The number of hydrogen-bond acceptors (Lipinski definition) is 8. The van der Waals surface area contributed by atoms with Gasteiger partial charge in [0.1, 0.15) is 10.6 Å². The molecule has 4 rings (SSSR count). The predicted octanol–water partition coefficient (Wildman–Crippen LogP) is 3.64. The molecule has 1 aliphatic heterocycles. The van der Waals surface area contributed by atoms with Gasteiger partial charge in [-0.2, -0.15) is 4.31 Å². The number of benzene rings is 1.